The standard InChI is InChI=1S/C7H13N5/c1-5-4-6(11-8)10-7(9-5)12(2)3/h4H,8H2,1-3H3,(H,9,10,11). The number of hydrogen-bond donors (Lipinski definition) is 2. The van der Waals surface area contributed by atoms with Crippen LogP contribution in [0.2, 0.25) is 0 Å². The van der Waals surface area contributed by atoms with Crippen LogP contribution in [0.25, 0.3) is 0 Å². The van der Waals surface area contributed by atoms with Crippen LogP contribution in [0.15, 0.2) is 6.07 Å². The molecule has 1 aromatic heterocycles. The molecule has 5 nitrogen and oxygen atoms in total. The largest absolute Gasteiger partial charge is 0.347 e. The van der Waals surface area contributed by atoms with E-state index in [0.717, 1.165) is 5.69 Å². The van der Waals surface area contributed by atoms with Crippen molar-refractivity contribution in [2.45, 2.75) is 6.92 Å². The van der Waals surface area contributed by atoms with E-state index < -0.39 is 0 Å². The normalized spacial score (nSPS) is 9.67. The van der Waals surface area contributed by atoms with Crippen molar-refractivity contribution < 1.29 is 0 Å². The van der Waals surface area contributed by atoms with E-state index in [1.165, 1.54) is 0 Å². The van der Waals surface area contributed by atoms with Gasteiger partial charge in [0, 0.05) is 25.9 Å². The molecule has 0 radical (unpaired) electrons. The van der Waals surface area contributed by atoms with Gasteiger partial charge >= 0.3 is 0 Å². The summed E-state index contributed by atoms with van der Waals surface area (Å²) in [5.74, 6) is 6.52. The molecule has 0 aliphatic carbocycles. The molecule has 1 rings (SSSR count). The molecule has 0 amide bonds. The molecule has 0 aromatic carbocycles. The molecule has 1 heterocycles. The summed E-state index contributed by atoms with van der Waals surface area (Å²) in [6.07, 6.45) is 0. The topological polar surface area (TPSA) is 67.1 Å². The Morgan fingerprint density at radius 2 is 2.08 bits per heavy atom. The number of hydrogen-bond acceptors (Lipinski definition) is 5. The Bertz CT molecular complexity index is 270. The first-order chi connectivity index (χ1) is 5.63. The second-order valence-electron chi connectivity index (χ2n) is 2.73. The van der Waals surface area contributed by atoms with Crippen LogP contribution in [0, 0.1) is 6.92 Å². The maximum Gasteiger partial charge on any atom is 0.227 e. The number of anilines is 2. The van der Waals surface area contributed by atoms with Crippen molar-refractivity contribution in [3.05, 3.63) is 11.8 Å². The van der Waals surface area contributed by atoms with Crippen LogP contribution in [0.5, 0.6) is 0 Å². The van der Waals surface area contributed by atoms with Crippen molar-refractivity contribution >= 4 is 11.8 Å². The molecule has 0 fully saturated rings. The van der Waals surface area contributed by atoms with Crippen molar-refractivity contribution in [1.29, 1.82) is 0 Å². The van der Waals surface area contributed by atoms with Crippen molar-refractivity contribution in [3.63, 3.8) is 0 Å². The van der Waals surface area contributed by atoms with E-state index in [2.05, 4.69) is 15.4 Å². The van der Waals surface area contributed by atoms with Gasteiger partial charge in [0.05, 0.1) is 0 Å². The highest BCUT2D eigenvalue weighted by molar-refractivity contribution is 5.41. The first-order valence-electron chi connectivity index (χ1n) is 3.63. The number of nitrogens with zero attached hydrogens (tertiary/aromatic N) is 3. The lowest BCUT2D eigenvalue weighted by Gasteiger charge is -2.11. The Kier molecular flexibility index (Phi) is 2.44. The second-order valence-corrected chi connectivity index (χ2v) is 2.73. The van der Waals surface area contributed by atoms with Crippen LogP contribution in [-0.4, -0.2) is 24.1 Å². The van der Waals surface area contributed by atoms with Crippen LogP contribution >= 0.6 is 0 Å². The molecule has 0 bridgehead atoms. The summed E-state index contributed by atoms with van der Waals surface area (Å²) < 4.78 is 0. The summed E-state index contributed by atoms with van der Waals surface area (Å²) >= 11 is 0. The predicted molar refractivity (Wildman–Crippen MR) is 48.9 cm³/mol. The number of hydrazine groups is 1. The molecule has 0 saturated heterocycles. The molecule has 0 saturated carbocycles. The molecule has 0 spiro atoms. The summed E-state index contributed by atoms with van der Waals surface area (Å²) in [4.78, 5) is 10.2. The molecule has 3 N–H and O–H groups in total. The number of aromatic nitrogens is 2. The lowest BCUT2D eigenvalue weighted by molar-refractivity contribution is 0.975. The summed E-state index contributed by atoms with van der Waals surface area (Å²) in [6.45, 7) is 1.90. The van der Waals surface area contributed by atoms with Gasteiger partial charge in [-0.05, 0) is 6.92 Å². The number of nitrogen functional groups attached to an aromatic ring is 1. The highest BCUT2D eigenvalue weighted by Crippen LogP contribution is 2.09. The van der Waals surface area contributed by atoms with Crippen molar-refractivity contribution in [1.82, 2.24) is 9.97 Å². The summed E-state index contributed by atoms with van der Waals surface area (Å²) in [5.41, 5.74) is 3.38. The minimum atomic E-state index is 0.631. The maximum atomic E-state index is 5.23. The Hall–Kier alpha value is -1.36. The molecule has 0 aliphatic rings. The lowest BCUT2D eigenvalue weighted by Crippen LogP contribution is -2.16. The Balaban J connectivity index is 3.06. The van der Waals surface area contributed by atoms with Crippen molar-refractivity contribution in [2.24, 2.45) is 5.84 Å². The second kappa shape index (κ2) is 3.36. The van der Waals surface area contributed by atoms with Gasteiger partial charge < -0.3 is 10.3 Å². The van der Waals surface area contributed by atoms with Crippen LogP contribution in [-0.2, 0) is 0 Å². The number of aryl methyl sites for hydroxylation is 1. The highest BCUT2D eigenvalue weighted by Gasteiger charge is 2.01. The number of nitrogens with one attached hydrogen (secondary N) is 1. The lowest BCUT2D eigenvalue weighted by atomic mass is 10.4. The molecule has 66 valence electrons. The fraction of sp³-hybridized carbons (Fsp3) is 0.429. The van der Waals surface area contributed by atoms with E-state index in [4.69, 9.17) is 5.84 Å². The monoisotopic (exact) mass is 167 g/mol. The summed E-state index contributed by atoms with van der Waals surface area (Å²) in [5, 5.41) is 0. The quantitative estimate of drug-likeness (QED) is 0.484. The zero-order valence-electron chi connectivity index (χ0n) is 7.50. The van der Waals surface area contributed by atoms with Gasteiger partial charge in [-0.3, -0.25) is 0 Å². The molecule has 1 aromatic rings. The average Bonchev–Trinajstić information content (AvgIpc) is 2.03. The van der Waals surface area contributed by atoms with Gasteiger partial charge in [-0.2, -0.15) is 4.98 Å². The Labute approximate surface area is 71.6 Å². The van der Waals surface area contributed by atoms with Crippen LogP contribution in [0.3, 0.4) is 0 Å². The van der Waals surface area contributed by atoms with E-state index in [-0.39, 0.29) is 0 Å². The Morgan fingerprint density at radius 3 is 2.58 bits per heavy atom. The van der Waals surface area contributed by atoms with E-state index in [1.54, 1.807) is 6.07 Å². The van der Waals surface area contributed by atoms with Crippen molar-refractivity contribution in [3.8, 4) is 0 Å². The first kappa shape index (κ1) is 8.73. The third-order valence-corrected chi connectivity index (χ3v) is 1.39. The van der Waals surface area contributed by atoms with Crippen LogP contribution in [0.4, 0.5) is 11.8 Å². The smallest absolute Gasteiger partial charge is 0.227 e. The third kappa shape index (κ3) is 1.82. The van der Waals surface area contributed by atoms with Crippen LogP contribution < -0.4 is 16.2 Å². The number of rotatable bonds is 2. The molecular formula is C7H13N5. The molecule has 12 heavy (non-hydrogen) atoms. The van der Waals surface area contributed by atoms with Crippen LogP contribution in [0.1, 0.15) is 5.69 Å². The first-order valence-corrected chi connectivity index (χ1v) is 3.63. The minimum absolute atomic E-state index is 0.631. The summed E-state index contributed by atoms with van der Waals surface area (Å²) in [7, 11) is 3.77. The zero-order chi connectivity index (χ0) is 9.14. The summed E-state index contributed by atoms with van der Waals surface area (Å²) in [6, 6.07) is 1.78. The molecule has 5 heteroatoms. The van der Waals surface area contributed by atoms with Gasteiger partial charge in [0.15, 0.2) is 0 Å². The third-order valence-electron chi connectivity index (χ3n) is 1.39. The van der Waals surface area contributed by atoms with Gasteiger partial charge in [-0.15, -0.1) is 0 Å². The van der Waals surface area contributed by atoms with Crippen molar-refractivity contribution in [2.75, 3.05) is 24.4 Å². The SMILES string of the molecule is Cc1cc(NN)nc(N(C)C)n1. The highest BCUT2D eigenvalue weighted by atomic mass is 15.3. The fourth-order valence-corrected chi connectivity index (χ4v) is 0.827. The van der Waals surface area contributed by atoms with E-state index in [9.17, 15) is 0 Å². The Morgan fingerprint density at radius 1 is 1.42 bits per heavy atom. The van der Waals surface area contributed by atoms with Gasteiger partial charge in [0.25, 0.3) is 0 Å². The van der Waals surface area contributed by atoms with Gasteiger partial charge in [-0.1, -0.05) is 0 Å². The van der Waals surface area contributed by atoms with Gasteiger partial charge in [0.1, 0.15) is 5.82 Å². The minimum Gasteiger partial charge on any atom is -0.347 e. The maximum absolute atomic E-state index is 5.23. The average molecular weight is 167 g/mol. The number of nitrogens with two attached hydrogens (primary N) is 1. The fourth-order valence-electron chi connectivity index (χ4n) is 0.827. The molecular weight excluding hydrogens is 154 g/mol. The van der Waals surface area contributed by atoms with Gasteiger partial charge in [0.2, 0.25) is 5.95 Å². The van der Waals surface area contributed by atoms with Gasteiger partial charge in [-0.25, -0.2) is 10.8 Å². The van der Waals surface area contributed by atoms with E-state index in [1.807, 2.05) is 25.9 Å². The van der Waals surface area contributed by atoms with E-state index in [0.29, 0.717) is 11.8 Å². The molecule has 0 aliphatic heterocycles. The van der Waals surface area contributed by atoms with E-state index >= 15 is 0 Å². The molecule has 0 unspecified atom stereocenters. The zero-order valence-corrected chi connectivity index (χ0v) is 7.50. The predicted octanol–water partition coefficient (Wildman–Crippen LogP) is 0.137. The molecule has 0 atom stereocenters.